The fourth-order valence-corrected chi connectivity index (χ4v) is 1.90. The third-order valence-electron chi connectivity index (χ3n) is 1.98. The Morgan fingerprint density at radius 2 is 2.17 bits per heavy atom. The first-order chi connectivity index (χ1) is 8.38. The standard InChI is InChI=1S/C9H12F3N3O2S/c1-3-4-15(5-6(16)17-2)8-13-7(14-18-8)9(10,11)12/h3-5H2,1-2H3. The number of carbonyl (C=O) groups is 1. The molecule has 1 aromatic heterocycles. The Kier molecular flexibility index (Phi) is 4.88. The topological polar surface area (TPSA) is 55.3 Å². The Bertz CT molecular complexity index is 408. The van der Waals surface area contributed by atoms with Gasteiger partial charge in [0.15, 0.2) is 0 Å². The van der Waals surface area contributed by atoms with Gasteiger partial charge in [-0.2, -0.15) is 22.5 Å². The van der Waals surface area contributed by atoms with Gasteiger partial charge >= 0.3 is 12.1 Å². The second-order valence-electron chi connectivity index (χ2n) is 3.40. The lowest BCUT2D eigenvalue weighted by atomic mass is 10.4. The summed E-state index contributed by atoms with van der Waals surface area (Å²) in [5, 5.41) is 0.0644. The minimum Gasteiger partial charge on any atom is -0.468 e. The Morgan fingerprint density at radius 1 is 1.50 bits per heavy atom. The molecule has 0 aliphatic carbocycles. The maximum Gasteiger partial charge on any atom is 0.452 e. The average Bonchev–Trinajstić information content (AvgIpc) is 2.77. The largest absolute Gasteiger partial charge is 0.468 e. The van der Waals surface area contributed by atoms with Crippen LogP contribution < -0.4 is 4.90 Å². The van der Waals surface area contributed by atoms with Gasteiger partial charge in [-0.15, -0.1) is 0 Å². The van der Waals surface area contributed by atoms with Crippen LogP contribution in [0.25, 0.3) is 0 Å². The first-order valence-corrected chi connectivity index (χ1v) is 5.88. The van der Waals surface area contributed by atoms with Crippen molar-refractivity contribution in [2.24, 2.45) is 0 Å². The van der Waals surface area contributed by atoms with Crippen LogP contribution in [0.3, 0.4) is 0 Å². The third kappa shape index (κ3) is 3.83. The van der Waals surface area contributed by atoms with E-state index >= 15 is 0 Å². The van der Waals surface area contributed by atoms with Crippen molar-refractivity contribution in [3.8, 4) is 0 Å². The molecule has 0 radical (unpaired) electrons. The first-order valence-electron chi connectivity index (χ1n) is 5.11. The van der Waals surface area contributed by atoms with Crippen molar-refractivity contribution in [2.75, 3.05) is 25.1 Å². The maximum atomic E-state index is 12.4. The molecule has 0 unspecified atom stereocenters. The van der Waals surface area contributed by atoms with E-state index < -0.39 is 18.0 Å². The number of halogens is 3. The first kappa shape index (κ1) is 14.7. The van der Waals surface area contributed by atoms with Crippen LogP contribution in [0.2, 0.25) is 0 Å². The summed E-state index contributed by atoms with van der Waals surface area (Å²) in [5.41, 5.74) is 0. The van der Waals surface area contributed by atoms with Crippen molar-refractivity contribution in [1.82, 2.24) is 9.36 Å². The van der Waals surface area contributed by atoms with Crippen molar-refractivity contribution in [3.05, 3.63) is 5.82 Å². The summed E-state index contributed by atoms with van der Waals surface area (Å²) in [5.74, 6) is -1.72. The zero-order chi connectivity index (χ0) is 13.8. The molecule has 0 saturated heterocycles. The van der Waals surface area contributed by atoms with Crippen LogP contribution >= 0.6 is 11.5 Å². The molecule has 0 bridgehead atoms. The lowest BCUT2D eigenvalue weighted by molar-refractivity contribution is -0.144. The third-order valence-corrected chi connectivity index (χ3v) is 2.76. The van der Waals surface area contributed by atoms with Gasteiger partial charge in [-0.3, -0.25) is 4.79 Å². The van der Waals surface area contributed by atoms with Gasteiger partial charge in [0.25, 0.3) is 0 Å². The van der Waals surface area contributed by atoms with Crippen LogP contribution in [0.1, 0.15) is 19.2 Å². The van der Waals surface area contributed by atoms with E-state index in [1.54, 1.807) is 0 Å². The summed E-state index contributed by atoms with van der Waals surface area (Å²) < 4.78 is 44.8. The number of aromatic nitrogens is 2. The van der Waals surface area contributed by atoms with E-state index in [1.165, 1.54) is 12.0 Å². The van der Waals surface area contributed by atoms with Gasteiger partial charge in [-0.05, 0) is 6.42 Å². The van der Waals surface area contributed by atoms with Crippen molar-refractivity contribution in [3.63, 3.8) is 0 Å². The summed E-state index contributed by atoms with van der Waals surface area (Å²) in [6.45, 7) is 2.11. The zero-order valence-electron chi connectivity index (χ0n) is 9.82. The molecule has 0 saturated carbocycles. The average molecular weight is 283 g/mol. The van der Waals surface area contributed by atoms with Crippen LogP contribution in [0.15, 0.2) is 0 Å². The molecule has 0 spiro atoms. The molecule has 9 heteroatoms. The number of alkyl halides is 3. The summed E-state index contributed by atoms with van der Waals surface area (Å²) in [6, 6.07) is 0. The fraction of sp³-hybridized carbons (Fsp3) is 0.667. The molecule has 102 valence electrons. The monoisotopic (exact) mass is 283 g/mol. The molecule has 0 aliphatic rings. The van der Waals surface area contributed by atoms with Gasteiger partial charge < -0.3 is 9.64 Å². The minimum atomic E-state index is -4.57. The number of hydrogen-bond acceptors (Lipinski definition) is 6. The number of hydrogen-bond donors (Lipinski definition) is 0. The van der Waals surface area contributed by atoms with E-state index in [0.717, 1.165) is 0 Å². The van der Waals surface area contributed by atoms with Crippen LogP contribution in [0.4, 0.5) is 18.3 Å². The molecule has 1 rings (SSSR count). The number of ether oxygens (including phenoxy) is 1. The highest BCUT2D eigenvalue weighted by molar-refractivity contribution is 7.09. The molecule has 0 aliphatic heterocycles. The van der Waals surface area contributed by atoms with Crippen LogP contribution in [0.5, 0.6) is 0 Å². The molecule has 1 heterocycles. The second-order valence-corrected chi connectivity index (χ2v) is 4.13. The van der Waals surface area contributed by atoms with Crippen molar-refractivity contribution in [1.29, 1.82) is 0 Å². The van der Waals surface area contributed by atoms with Gasteiger partial charge in [-0.25, -0.2) is 0 Å². The van der Waals surface area contributed by atoms with Crippen molar-refractivity contribution >= 4 is 22.6 Å². The number of carbonyl (C=O) groups excluding carboxylic acids is 1. The second kappa shape index (κ2) is 5.98. The zero-order valence-corrected chi connectivity index (χ0v) is 10.6. The van der Waals surface area contributed by atoms with Crippen LogP contribution in [-0.4, -0.2) is 35.5 Å². The molecule has 18 heavy (non-hydrogen) atoms. The molecule has 1 aromatic rings. The molecular weight excluding hydrogens is 271 g/mol. The number of rotatable bonds is 5. The highest BCUT2D eigenvalue weighted by atomic mass is 32.1. The quantitative estimate of drug-likeness (QED) is 0.773. The minimum absolute atomic E-state index is 0.0644. The molecule has 0 N–H and O–H groups in total. The molecule has 0 aromatic carbocycles. The summed E-state index contributed by atoms with van der Waals surface area (Å²) in [7, 11) is 1.22. The van der Waals surface area contributed by atoms with Crippen LogP contribution in [0, 0.1) is 0 Å². The predicted octanol–water partition coefficient (Wildman–Crippen LogP) is 1.95. The Balaban J connectivity index is 2.85. The molecular formula is C9H12F3N3O2S. The van der Waals surface area contributed by atoms with Crippen LogP contribution in [-0.2, 0) is 15.7 Å². The summed E-state index contributed by atoms with van der Waals surface area (Å²) in [4.78, 5) is 15.9. The normalized spacial score (nSPS) is 11.4. The number of methoxy groups -OCH3 is 1. The highest BCUT2D eigenvalue weighted by Crippen LogP contribution is 2.30. The Labute approximate surface area is 106 Å². The highest BCUT2D eigenvalue weighted by Gasteiger charge is 2.36. The SMILES string of the molecule is CCCN(CC(=O)OC)c1nc(C(F)(F)F)ns1. The molecule has 0 atom stereocenters. The maximum absolute atomic E-state index is 12.4. The van der Waals surface area contributed by atoms with E-state index in [9.17, 15) is 18.0 Å². The number of nitrogens with zero attached hydrogens (tertiary/aromatic N) is 3. The Hall–Kier alpha value is -1.38. The van der Waals surface area contributed by atoms with Gasteiger partial charge in [0.1, 0.15) is 6.54 Å². The molecule has 0 amide bonds. The van der Waals surface area contributed by atoms with Gasteiger partial charge in [0, 0.05) is 18.1 Å². The van der Waals surface area contributed by atoms with E-state index in [2.05, 4.69) is 14.1 Å². The smallest absolute Gasteiger partial charge is 0.452 e. The Morgan fingerprint density at radius 3 is 2.61 bits per heavy atom. The lowest BCUT2D eigenvalue weighted by Crippen LogP contribution is -2.31. The number of esters is 1. The van der Waals surface area contributed by atoms with E-state index in [0.29, 0.717) is 24.5 Å². The van der Waals surface area contributed by atoms with Crippen molar-refractivity contribution < 1.29 is 22.7 Å². The lowest BCUT2D eigenvalue weighted by Gasteiger charge is -2.18. The van der Waals surface area contributed by atoms with Gasteiger partial charge in [0.05, 0.1) is 7.11 Å². The van der Waals surface area contributed by atoms with Gasteiger partial charge in [0.2, 0.25) is 11.0 Å². The fourth-order valence-electron chi connectivity index (χ4n) is 1.19. The van der Waals surface area contributed by atoms with Crippen molar-refractivity contribution in [2.45, 2.75) is 19.5 Å². The van der Waals surface area contributed by atoms with E-state index in [1.807, 2.05) is 6.92 Å². The number of anilines is 1. The van der Waals surface area contributed by atoms with E-state index in [4.69, 9.17) is 0 Å². The van der Waals surface area contributed by atoms with Gasteiger partial charge in [-0.1, -0.05) is 6.92 Å². The summed E-state index contributed by atoms with van der Waals surface area (Å²) >= 11 is 0.614. The summed E-state index contributed by atoms with van der Waals surface area (Å²) in [6.07, 6.45) is -3.91. The van der Waals surface area contributed by atoms with E-state index in [-0.39, 0.29) is 11.7 Å². The molecule has 5 nitrogen and oxygen atoms in total. The molecule has 0 fully saturated rings. The predicted molar refractivity (Wildman–Crippen MR) is 59.4 cm³/mol.